The van der Waals surface area contributed by atoms with Gasteiger partial charge in [-0.05, 0) is 13.0 Å². The number of aryl methyl sites for hydroxylation is 1. The van der Waals surface area contributed by atoms with Gasteiger partial charge in [-0.25, -0.2) is 9.89 Å². The van der Waals surface area contributed by atoms with Crippen molar-refractivity contribution in [1.29, 1.82) is 0 Å². The number of ketones is 1. The molecule has 3 rings (SSSR count). The highest BCUT2D eigenvalue weighted by molar-refractivity contribution is 6.04. The van der Waals surface area contributed by atoms with E-state index >= 15 is 0 Å². The third-order valence-corrected chi connectivity index (χ3v) is 3.95. The number of hydrogen-bond acceptors (Lipinski definition) is 7. The van der Waals surface area contributed by atoms with E-state index in [4.69, 9.17) is 4.74 Å². The van der Waals surface area contributed by atoms with E-state index in [0.29, 0.717) is 10.9 Å². The molecule has 0 aliphatic heterocycles. The Bertz CT molecular complexity index is 1140. The number of ether oxygens (including phenoxy) is 1. The zero-order valence-corrected chi connectivity index (χ0v) is 14.1. The van der Waals surface area contributed by atoms with Crippen molar-refractivity contribution in [3.63, 3.8) is 0 Å². The largest absolute Gasteiger partial charge is 0.452 e. The van der Waals surface area contributed by atoms with E-state index in [-0.39, 0.29) is 22.3 Å². The minimum atomic E-state index is -0.891. The summed E-state index contributed by atoms with van der Waals surface area (Å²) >= 11 is 0. The van der Waals surface area contributed by atoms with Crippen LogP contribution in [0, 0.1) is 17.0 Å². The molecule has 1 heterocycles. The van der Waals surface area contributed by atoms with Gasteiger partial charge in [0, 0.05) is 22.6 Å². The Kier molecular flexibility index (Phi) is 4.75. The summed E-state index contributed by atoms with van der Waals surface area (Å²) in [5.41, 5.74) is -0.310. The summed E-state index contributed by atoms with van der Waals surface area (Å²) in [6.07, 6.45) is 0. The number of nitrogens with zero attached hydrogens (tertiary/aromatic N) is 2. The number of rotatable bonds is 5. The monoisotopic (exact) mass is 367 g/mol. The third kappa shape index (κ3) is 3.56. The Morgan fingerprint density at radius 2 is 1.89 bits per heavy atom. The molecule has 1 N–H and O–H groups in total. The van der Waals surface area contributed by atoms with E-state index in [1.165, 1.54) is 18.2 Å². The van der Waals surface area contributed by atoms with Crippen molar-refractivity contribution in [2.45, 2.75) is 6.92 Å². The van der Waals surface area contributed by atoms with E-state index in [2.05, 4.69) is 10.2 Å². The number of nitro benzene ring substituents is 1. The Morgan fingerprint density at radius 1 is 1.19 bits per heavy atom. The van der Waals surface area contributed by atoms with Gasteiger partial charge in [0.15, 0.2) is 12.3 Å². The first-order chi connectivity index (χ1) is 12.9. The van der Waals surface area contributed by atoms with Gasteiger partial charge in [-0.2, -0.15) is 5.10 Å². The number of H-pyrrole nitrogens is 1. The first kappa shape index (κ1) is 17.9. The fourth-order valence-electron chi connectivity index (χ4n) is 2.53. The highest BCUT2D eigenvalue weighted by Crippen LogP contribution is 2.20. The van der Waals surface area contributed by atoms with Crippen LogP contribution in [0.2, 0.25) is 0 Å². The number of nitro groups is 1. The van der Waals surface area contributed by atoms with Crippen LogP contribution in [-0.4, -0.2) is 33.5 Å². The molecule has 0 atom stereocenters. The quantitative estimate of drug-likeness (QED) is 0.316. The number of carbonyl (C=O) groups is 2. The standard InChI is InChI=1S/C18H13N3O6/c1-10-6-7-11(8-14(10)21(25)26)15(22)9-27-18(24)16-12-4-2-3-5-13(12)17(23)20-19-16/h2-8H,9H2,1H3,(H,20,23). The molecule has 0 saturated carbocycles. The second-order valence-electron chi connectivity index (χ2n) is 5.70. The van der Waals surface area contributed by atoms with E-state index in [1.54, 1.807) is 25.1 Å². The zero-order valence-electron chi connectivity index (χ0n) is 14.1. The minimum Gasteiger partial charge on any atom is -0.452 e. The van der Waals surface area contributed by atoms with E-state index in [0.717, 1.165) is 6.07 Å². The van der Waals surface area contributed by atoms with Gasteiger partial charge in [-0.1, -0.05) is 30.3 Å². The Morgan fingerprint density at radius 3 is 2.59 bits per heavy atom. The maximum atomic E-state index is 12.3. The molecule has 9 nitrogen and oxygen atoms in total. The molecule has 0 saturated heterocycles. The van der Waals surface area contributed by atoms with Crippen molar-refractivity contribution < 1.29 is 19.2 Å². The number of aromatic amines is 1. The maximum Gasteiger partial charge on any atom is 0.359 e. The maximum absolute atomic E-state index is 12.3. The lowest BCUT2D eigenvalue weighted by molar-refractivity contribution is -0.385. The topological polar surface area (TPSA) is 132 Å². The zero-order chi connectivity index (χ0) is 19.6. The van der Waals surface area contributed by atoms with Crippen LogP contribution in [0.1, 0.15) is 26.4 Å². The molecule has 0 spiro atoms. The first-order valence-corrected chi connectivity index (χ1v) is 7.81. The lowest BCUT2D eigenvalue weighted by Gasteiger charge is -2.06. The van der Waals surface area contributed by atoms with Gasteiger partial charge in [0.2, 0.25) is 5.78 Å². The van der Waals surface area contributed by atoms with Gasteiger partial charge >= 0.3 is 5.97 Å². The molecule has 2 aromatic carbocycles. The first-order valence-electron chi connectivity index (χ1n) is 7.81. The van der Waals surface area contributed by atoms with Crippen LogP contribution in [0.3, 0.4) is 0 Å². The number of carbonyl (C=O) groups excluding carboxylic acids is 2. The molecule has 1 aromatic heterocycles. The second kappa shape index (κ2) is 7.16. The predicted octanol–water partition coefficient (Wildman–Crippen LogP) is 2.18. The summed E-state index contributed by atoms with van der Waals surface area (Å²) < 4.78 is 4.98. The Labute approximate surface area is 151 Å². The van der Waals surface area contributed by atoms with Gasteiger partial charge in [-0.15, -0.1) is 0 Å². The summed E-state index contributed by atoms with van der Waals surface area (Å²) in [5.74, 6) is -1.49. The molecular weight excluding hydrogens is 354 g/mol. The molecule has 3 aromatic rings. The molecule has 0 amide bonds. The molecule has 0 fully saturated rings. The molecular formula is C18H13N3O6. The second-order valence-corrected chi connectivity index (χ2v) is 5.70. The van der Waals surface area contributed by atoms with Crippen LogP contribution in [-0.2, 0) is 4.74 Å². The number of Topliss-reactive ketones (excluding diaryl/α,β-unsaturated/α-hetero) is 1. The lowest BCUT2D eigenvalue weighted by atomic mass is 10.1. The van der Waals surface area contributed by atoms with E-state index in [9.17, 15) is 24.5 Å². The van der Waals surface area contributed by atoms with Crippen molar-refractivity contribution in [3.8, 4) is 0 Å². The van der Waals surface area contributed by atoms with Crippen LogP contribution in [0.4, 0.5) is 5.69 Å². The average molecular weight is 367 g/mol. The van der Waals surface area contributed by atoms with Gasteiger partial charge in [0.1, 0.15) is 0 Å². The molecule has 0 aliphatic rings. The smallest absolute Gasteiger partial charge is 0.359 e. The van der Waals surface area contributed by atoms with Crippen molar-refractivity contribution in [1.82, 2.24) is 10.2 Å². The number of aromatic nitrogens is 2. The van der Waals surface area contributed by atoms with Gasteiger partial charge in [-0.3, -0.25) is 19.7 Å². The SMILES string of the molecule is Cc1ccc(C(=O)COC(=O)c2n[nH]c(=O)c3ccccc23)cc1[N+](=O)[O-]. The number of fused-ring (bicyclic) bond motifs is 1. The van der Waals surface area contributed by atoms with Gasteiger partial charge in [0.25, 0.3) is 11.2 Å². The predicted molar refractivity (Wildman–Crippen MR) is 94.8 cm³/mol. The fourth-order valence-corrected chi connectivity index (χ4v) is 2.53. The normalized spacial score (nSPS) is 10.6. The lowest BCUT2D eigenvalue weighted by Crippen LogP contribution is -2.19. The summed E-state index contributed by atoms with van der Waals surface area (Å²) in [5, 5.41) is 17.4. The summed E-state index contributed by atoms with van der Waals surface area (Å²) in [6, 6.07) is 10.4. The van der Waals surface area contributed by atoms with E-state index in [1.807, 2.05) is 0 Å². The number of nitrogens with one attached hydrogen (secondary N) is 1. The summed E-state index contributed by atoms with van der Waals surface area (Å²) in [6.45, 7) is 0.938. The number of hydrogen-bond donors (Lipinski definition) is 1. The summed E-state index contributed by atoms with van der Waals surface area (Å²) in [4.78, 5) is 46.6. The Balaban J connectivity index is 1.80. The minimum absolute atomic E-state index is 0.0550. The van der Waals surface area contributed by atoms with Crippen molar-refractivity contribution in [3.05, 3.63) is 79.8 Å². The number of benzene rings is 2. The van der Waals surface area contributed by atoms with Crippen LogP contribution >= 0.6 is 0 Å². The van der Waals surface area contributed by atoms with Crippen LogP contribution in [0.25, 0.3) is 10.8 Å². The molecule has 0 bridgehead atoms. The van der Waals surface area contributed by atoms with Crippen LogP contribution < -0.4 is 5.56 Å². The molecule has 136 valence electrons. The molecule has 0 aliphatic carbocycles. The average Bonchev–Trinajstić information content (AvgIpc) is 2.66. The Hall–Kier alpha value is -3.88. The molecule has 0 unspecified atom stereocenters. The molecule has 0 radical (unpaired) electrons. The summed E-state index contributed by atoms with van der Waals surface area (Å²) in [7, 11) is 0. The van der Waals surface area contributed by atoms with Crippen LogP contribution in [0.5, 0.6) is 0 Å². The van der Waals surface area contributed by atoms with Gasteiger partial charge < -0.3 is 4.74 Å². The van der Waals surface area contributed by atoms with Crippen molar-refractivity contribution >= 4 is 28.2 Å². The van der Waals surface area contributed by atoms with Crippen LogP contribution in [0.15, 0.2) is 47.3 Å². The van der Waals surface area contributed by atoms with E-state index < -0.39 is 28.8 Å². The third-order valence-electron chi connectivity index (χ3n) is 3.95. The molecule has 27 heavy (non-hydrogen) atoms. The van der Waals surface area contributed by atoms with Crippen molar-refractivity contribution in [2.24, 2.45) is 0 Å². The molecule has 9 heteroatoms. The fraction of sp³-hybridized carbons (Fsp3) is 0.111. The highest BCUT2D eigenvalue weighted by Gasteiger charge is 2.19. The van der Waals surface area contributed by atoms with Gasteiger partial charge in [0.05, 0.1) is 10.3 Å². The number of esters is 1. The highest BCUT2D eigenvalue weighted by atomic mass is 16.6. The van der Waals surface area contributed by atoms with Crippen molar-refractivity contribution in [2.75, 3.05) is 6.61 Å².